The second-order valence-electron chi connectivity index (χ2n) is 16.0. The summed E-state index contributed by atoms with van der Waals surface area (Å²) in [5.41, 5.74) is -0.501. The van der Waals surface area contributed by atoms with Crippen LogP contribution in [0.4, 0.5) is 5.69 Å². The van der Waals surface area contributed by atoms with Crippen LogP contribution in [0.2, 0.25) is 0 Å². The van der Waals surface area contributed by atoms with Gasteiger partial charge in [0.15, 0.2) is 0 Å². The van der Waals surface area contributed by atoms with E-state index in [1.807, 2.05) is 32.0 Å². The van der Waals surface area contributed by atoms with Crippen molar-refractivity contribution in [1.82, 2.24) is 0 Å². The van der Waals surface area contributed by atoms with Crippen LogP contribution in [-0.2, 0) is 52.2 Å². The first kappa shape index (κ1) is 48.7. The van der Waals surface area contributed by atoms with Gasteiger partial charge in [-0.3, -0.25) is 9.59 Å². The van der Waals surface area contributed by atoms with E-state index in [0.717, 1.165) is 24.9 Å². The molecule has 1 aromatic rings. The first-order chi connectivity index (χ1) is 24.7. The van der Waals surface area contributed by atoms with Crippen LogP contribution in [0.5, 0.6) is 0 Å². The van der Waals surface area contributed by atoms with Crippen LogP contribution in [-0.4, -0.2) is 126 Å². The largest absolute Gasteiger partial charge is 0.463 e. The van der Waals surface area contributed by atoms with Gasteiger partial charge < -0.3 is 47.5 Å². The molecular weight excluding hydrogens is 682 g/mol. The zero-order valence-electron chi connectivity index (χ0n) is 35.1. The van der Waals surface area contributed by atoms with E-state index in [-0.39, 0.29) is 48.6 Å². The number of esters is 2. The Kier molecular flexibility index (Phi) is 22.9. The van der Waals surface area contributed by atoms with E-state index in [1.165, 1.54) is 13.8 Å². The Balaban J connectivity index is 2.51. The van der Waals surface area contributed by atoms with Crippen molar-refractivity contribution < 1.29 is 52.2 Å². The van der Waals surface area contributed by atoms with Crippen molar-refractivity contribution >= 4 is 17.6 Å². The van der Waals surface area contributed by atoms with Crippen molar-refractivity contribution in [2.45, 2.75) is 137 Å². The van der Waals surface area contributed by atoms with E-state index in [2.05, 4.69) is 72.4 Å². The SMILES string of the molecule is CC(=O)OCCOCCOCC(C)(C)OC(C)CC(C)(C)OCCN(CCOC(C)(C)CC(C)OC(C)(C)CCOCCOC(C)=O)c1ccccc1. The summed E-state index contributed by atoms with van der Waals surface area (Å²) in [5, 5.41) is 0. The van der Waals surface area contributed by atoms with Crippen LogP contribution in [0, 0.1) is 0 Å². The minimum atomic E-state index is -0.478. The van der Waals surface area contributed by atoms with E-state index >= 15 is 0 Å². The lowest BCUT2D eigenvalue weighted by Gasteiger charge is -2.35. The van der Waals surface area contributed by atoms with Gasteiger partial charge in [0.1, 0.15) is 13.2 Å². The molecule has 0 saturated carbocycles. The van der Waals surface area contributed by atoms with Crippen molar-refractivity contribution in [3.05, 3.63) is 30.3 Å². The molecule has 0 aromatic heterocycles. The molecule has 12 heteroatoms. The number of hydrogen-bond donors (Lipinski definition) is 0. The number of ether oxygens (including phenoxy) is 9. The van der Waals surface area contributed by atoms with Crippen molar-refractivity contribution in [3.8, 4) is 0 Å². The number of carbonyl (C=O) groups is 2. The third-order valence-corrected chi connectivity index (χ3v) is 8.16. The average molecular weight is 756 g/mol. The number of carbonyl (C=O) groups excluding carboxylic acids is 2. The highest BCUT2D eigenvalue weighted by molar-refractivity contribution is 5.66. The van der Waals surface area contributed by atoms with Crippen molar-refractivity contribution in [2.24, 2.45) is 0 Å². The van der Waals surface area contributed by atoms with Crippen LogP contribution in [0.3, 0.4) is 0 Å². The molecule has 0 heterocycles. The minimum absolute atomic E-state index is 0.0168. The molecule has 0 saturated heterocycles. The van der Waals surface area contributed by atoms with Gasteiger partial charge >= 0.3 is 11.9 Å². The van der Waals surface area contributed by atoms with Gasteiger partial charge in [-0.1, -0.05) is 18.2 Å². The molecule has 0 N–H and O–H groups in total. The van der Waals surface area contributed by atoms with Crippen LogP contribution in [0.15, 0.2) is 30.3 Å². The average Bonchev–Trinajstić information content (AvgIpc) is 3.02. The molecule has 0 bridgehead atoms. The summed E-state index contributed by atoms with van der Waals surface area (Å²) in [4.78, 5) is 24.0. The molecule has 2 unspecified atom stereocenters. The summed E-state index contributed by atoms with van der Waals surface area (Å²) in [6.07, 6.45) is 2.12. The molecule has 0 spiro atoms. The van der Waals surface area contributed by atoms with E-state index < -0.39 is 11.2 Å². The van der Waals surface area contributed by atoms with E-state index in [1.54, 1.807) is 0 Å². The number of anilines is 1. The van der Waals surface area contributed by atoms with Crippen LogP contribution in [0.25, 0.3) is 0 Å². The lowest BCUT2D eigenvalue weighted by molar-refractivity contribution is -0.144. The first-order valence-corrected chi connectivity index (χ1v) is 19.1. The molecule has 0 aliphatic heterocycles. The molecule has 0 radical (unpaired) electrons. The van der Waals surface area contributed by atoms with Crippen LogP contribution < -0.4 is 4.90 Å². The fourth-order valence-corrected chi connectivity index (χ4v) is 6.09. The smallest absolute Gasteiger partial charge is 0.302 e. The van der Waals surface area contributed by atoms with Gasteiger partial charge in [0.25, 0.3) is 0 Å². The molecule has 1 aromatic carbocycles. The maximum absolute atomic E-state index is 10.9. The van der Waals surface area contributed by atoms with E-state index in [0.29, 0.717) is 65.9 Å². The van der Waals surface area contributed by atoms with Gasteiger partial charge in [0.2, 0.25) is 0 Å². The van der Waals surface area contributed by atoms with E-state index in [4.69, 9.17) is 42.6 Å². The Morgan fingerprint density at radius 2 is 1.00 bits per heavy atom. The second kappa shape index (κ2) is 25.0. The summed E-state index contributed by atoms with van der Waals surface area (Å²) in [6, 6.07) is 10.3. The van der Waals surface area contributed by atoms with Gasteiger partial charge in [0, 0.05) is 52.1 Å². The van der Waals surface area contributed by atoms with Crippen LogP contribution in [0.1, 0.15) is 102 Å². The molecule has 0 aliphatic rings. The summed E-state index contributed by atoms with van der Waals surface area (Å²) < 4.78 is 52.2. The van der Waals surface area contributed by atoms with Crippen molar-refractivity contribution in [1.29, 1.82) is 0 Å². The Labute approximate surface area is 320 Å². The van der Waals surface area contributed by atoms with Gasteiger partial charge in [-0.2, -0.15) is 0 Å². The highest BCUT2D eigenvalue weighted by atomic mass is 16.6. The third-order valence-electron chi connectivity index (χ3n) is 8.16. The van der Waals surface area contributed by atoms with Gasteiger partial charge in [0.05, 0.1) is 80.9 Å². The number of rotatable bonds is 31. The quantitative estimate of drug-likeness (QED) is 0.0586. The maximum Gasteiger partial charge on any atom is 0.302 e. The summed E-state index contributed by atoms with van der Waals surface area (Å²) >= 11 is 0. The number of benzene rings is 1. The van der Waals surface area contributed by atoms with Gasteiger partial charge in [-0.15, -0.1) is 0 Å². The van der Waals surface area contributed by atoms with Crippen molar-refractivity contribution in [2.75, 3.05) is 84.1 Å². The number of hydrogen-bond acceptors (Lipinski definition) is 12. The maximum atomic E-state index is 10.9. The lowest BCUT2D eigenvalue weighted by Crippen LogP contribution is -2.40. The Morgan fingerprint density at radius 1 is 0.566 bits per heavy atom. The zero-order chi connectivity index (χ0) is 40.0. The Morgan fingerprint density at radius 3 is 1.49 bits per heavy atom. The van der Waals surface area contributed by atoms with Gasteiger partial charge in [-0.25, -0.2) is 0 Å². The van der Waals surface area contributed by atoms with Crippen molar-refractivity contribution in [3.63, 3.8) is 0 Å². The molecule has 1 rings (SSSR count). The highest BCUT2D eigenvalue weighted by Crippen LogP contribution is 2.26. The standard InChI is InChI=1S/C41H73NO11/c1-33(52-38(5,6)18-21-45-26-28-48-35(3)43)30-39(7,8)50-22-19-42(37-16-14-13-15-17-37)20-23-51-40(9,10)31-34(2)53-41(11,12)32-47-25-24-46-27-29-49-36(4)44/h13-17,33-34H,18-32H2,1-12H3. The third kappa shape index (κ3) is 26.2. The number of para-hydroxylation sites is 1. The molecule has 2 atom stereocenters. The predicted molar refractivity (Wildman–Crippen MR) is 208 cm³/mol. The number of nitrogens with zero attached hydrogens (tertiary/aromatic N) is 1. The minimum Gasteiger partial charge on any atom is -0.463 e. The molecule has 12 nitrogen and oxygen atoms in total. The van der Waals surface area contributed by atoms with Crippen LogP contribution >= 0.6 is 0 Å². The molecule has 308 valence electrons. The highest BCUT2D eigenvalue weighted by Gasteiger charge is 2.29. The second-order valence-corrected chi connectivity index (χ2v) is 16.0. The zero-order valence-corrected chi connectivity index (χ0v) is 35.1. The fraction of sp³-hybridized carbons (Fsp3) is 0.805. The van der Waals surface area contributed by atoms with Gasteiger partial charge in [-0.05, 0) is 87.8 Å². The summed E-state index contributed by atoms with van der Waals surface area (Å²) in [7, 11) is 0. The molecular formula is C41H73NO11. The first-order valence-electron chi connectivity index (χ1n) is 19.1. The Bertz CT molecular complexity index is 1130. The monoisotopic (exact) mass is 756 g/mol. The molecule has 0 fully saturated rings. The summed E-state index contributed by atoms with van der Waals surface area (Å²) in [6.45, 7) is 29.1. The Hall–Kier alpha value is -2.32. The summed E-state index contributed by atoms with van der Waals surface area (Å²) in [5.74, 6) is -0.616. The molecule has 53 heavy (non-hydrogen) atoms. The molecule has 0 amide bonds. The fourth-order valence-electron chi connectivity index (χ4n) is 6.09. The lowest BCUT2D eigenvalue weighted by atomic mass is 9.99. The topological polar surface area (TPSA) is 120 Å². The predicted octanol–water partition coefficient (Wildman–Crippen LogP) is 6.80. The molecule has 0 aliphatic carbocycles. The van der Waals surface area contributed by atoms with E-state index in [9.17, 15) is 9.59 Å². The normalized spacial score (nSPS) is 13.8.